The predicted octanol–water partition coefficient (Wildman–Crippen LogP) is 3.41. The molecular weight excluding hydrogens is 544 g/mol. The zero-order valence-electron chi connectivity index (χ0n) is 22.8. The first-order valence-corrected chi connectivity index (χ1v) is 13.5. The van der Waals surface area contributed by atoms with Crippen molar-refractivity contribution in [3.8, 4) is 5.75 Å². The molecule has 2 heterocycles. The van der Waals surface area contributed by atoms with E-state index in [1.807, 2.05) is 30.3 Å². The van der Waals surface area contributed by atoms with Crippen LogP contribution in [0.25, 0.3) is 0 Å². The normalized spacial score (nSPS) is 19.0. The monoisotopic (exact) mass is 575 g/mol. The average molecular weight is 576 g/mol. The van der Waals surface area contributed by atoms with Crippen LogP contribution in [0.3, 0.4) is 0 Å². The summed E-state index contributed by atoms with van der Waals surface area (Å²) in [6.07, 6.45) is 0.767. The van der Waals surface area contributed by atoms with Crippen molar-refractivity contribution in [1.29, 1.82) is 0 Å². The fourth-order valence-electron chi connectivity index (χ4n) is 5.41. The van der Waals surface area contributed by atoms with Crippen molar-refractivity contribution in [2.24, 2.45) is 0 Å². The Hall–Kier alpha value is -4.77. The number of halogens is 2. The van der Waals surface area contributed by atoms with Gasteiger partial charge < -0.3 is 20.2 Å². The van der Waals surface area contributed by atoms with Crippen LogP contribution in [0, 0.1) is 11.6 Å². The van der Waals surface area contributed by atoms with E-state index in [9.17, 15) is 28.3 Å². The summed E-state index contributed by atoms with van der Waals surface area (Å²) in [5.74, 6) is -2.27. The van der Waals surface area contributed by atoms with Gasteiger partial charge in [-0.3, -0.25) is 9.59 Å². The molecule has 2 N–H and O–H groups in total. The van der Waals surface area contributed by atoms with Crippen LogP contribution < -0.4 is 5.32 Å². The number of benzene rings is 3. The van der Waals surface area contributed by atoms with Crippen LogP contribution in [0.1, 0.15) is 16.7 Å². The Kier molecular flexibility index (Phi) is 8.48. The zero-order valence-corrected chi connectivity index (χ0v) is 22.8. The number of hydrazine groups is 1. The number of phenols is 1. The van der Waals surface area contributed by atoms with Gasteiger partial charge in [0.2, 0.25) is 11.8 Å². The summed E-state index contributed by atoms with van der Waals surface area (Å²) in [5.41, 5.74) is 1.66. The maximum absolute atomic E-state index is 14.7. The lowest BCUT2D eigenvalue weighted by molar-refractivity contribution is -0.189. The second kappa shape index (κ2) is 12.4. The Morgan fingerprint density at radius 1 is 1.02 bits per heavy atom. The number of urea groups is 1. The number of hydrogen-bond acceptors (Lipinski definition) is 5. The van der Waals surface area contributed by atoms with Crippen LogP contribution in [0.15, 0.2) is 85.5 Å². The van der Waals surface area contributed by atoms with Gasteiger partial charge >= 0.3 is 6.03 Å². The number of hydrogen-bond donors (Lipinski definition) is 2. The van der Waals surface area contributed by atoms with Crippen molar-refractivity contribution in [2.75, 3.05) is 19.6 Å². The number of fused-ring (bicyclic) bond motifs is 1. The Balaban J connectivity index is 1.50. The summed E-state index contributed by atoms with van der Waals surface area (Å²) in [4.78, 5) is 44.1. The number of rotatable bonds is 8. The van der Waals surface area contributed by atoms with Crippen molar-refractivity contribution in [3.63, 3.8) is 0 Å². The van der Waals surface area contributed by atoms with Crippen LogP contribution in [0.4, 0.5) is 13.6 Å². The number of piperazine rings is 1. The topological polar surface area (TPSA) is 96.4 Å². The molecule has 0 saturated carbocycles. The summed E-state index contributed by atoms with van der Waals surface area (Å²) in [7, 11) is 0. The van der Waals surface area contributed by atoms with Gasteiger partial charge in [0, 0.05) is 37.7 Å². The average Bonchev–Trinajstić information content (AvgIpc) is 2.97. The van der Waals surface area contributed by atoms with E-state index in [2.05, 4.69) is 11.9 Å². The molecule has 4 amide bonds. The fourth-order valence-corrected chi connectivity index (χ4v) is 5.41. The highest BCUT2D eigenvalue weighted by Crippen LogP contribution is 2.30. The molecular formula is C31H31F2N5O4. The van der Waals surface area contributed by atoms with Crippen molar-refractivity contribution in [1.82, 2.24) is 25.1 Å². The summed E-state index contributed by atoms with van der Waals surface area (Å²) < 4.78 is 28.3. The molecule has 9 nitrogen and oxygen atoms in total. The van der Waals surface area contributed by atoms with Gasteiger partial charge in [-0.1, -0.05) is 54.6 Å². The summed E-state index contributed by atoms with van der Waals surface area (Å²) >= 11 is 0. The smallest absolute Gasteiger partial charge is 0.334 e. The first kappa shape index (κ1) is 28.7. The standard InChI is InChI=1S/C31H31F2N5O4/c1-2-14-36-20-29(40)37-27(15-21-8-12-25(39)13-9-21)30(41)35(18-23-10-11-24(32)16-26(23)33)19-28(37)38(36)31(42)34-17-22-6-4-3-5-7-22/h2-13,16,27-28,39H,1,14-15,17-20H2,(H,34,42)/t27-,28-/m0/s1. The first-order valence-electron chi connectivity index (χ1n) is 13.5. The minimum absolute atomic E-state index is 0.0513. The molecule has 0 aromatic heterocycles. The van der Waals surface area contributed by atoms with Crippen LogP contribution in [-0.2, 0) is 29.1 Å². The molecule has 0 radical (unpaired) electrons. The predicted molar refractivity (Wildman–Crippen MR) is 150 cm³/mol. The number of nitrogens with zero attached hydrogens (tertiary/aromatic N) is 4. The quantitative estimate of drug-likeness (QED) is 0.402. The van der Waals surface area contributed by atoms with E-state index in [1.54, 1.807) is 23.2 Å². The van der Waals surface area contributed by atoms with E-state index in [0.29, 0.717) is 5.56 Å². The van der Waals surface area contributed by atoms with Crippen molar-refractivity contribution in [2.45, 2.75) is 31.7 Å². The lowest BCUT2D eigenvalue weighted by Gasteiger charge is -2.55. The summed E-state index contributed by atoms with van der Waals surface area (Å²) in [5, 5.41) is 15.6. The Labute approximate surface area is 242 Å². The number of carbonyl (C=O) groups excluding carboxylic acids is 3. The number of carbonyl (C=O) groups is 3. The molecule has 3 aromatic carbocycles. The number of aromatic hydroxyl groups is 1. The molecule has 0 bridgehead atoms. The van der Waals surface area contributed by atoms with Crippen LogP contribution >= 0.6 is 0 Å². The van der Waals surface area contributed by atoms with Gasteiger partial charge in [0.05, 0.1) is 13.1 Å². The van der Waals surface area contributed by atoms with Gasteiger partial charge in [0.25, 0.3) is 0 Å². The lowest BCUT2D eigenvalue weighted by atomic mass is 9.98. The van der Waals surface area contributed by atoms with E-state index in [0.717, 1.165) is 17.7 Å². The largest absolute Gasteiger partial charge is 0.508 e. The first-order chi connectivity index (χ1) is 20.2. The van der Waals surface area contributed by atoms with Crippen molar-refractivity contribution < 1.29 is 28.3 Å². The third-order valence-corrected chi connectivity index (χ3v) is 7.41. The molecule has 2 aliphatic heterocycles. The minimum Gasteiger partial charge on any atom is -0.508 e. The molecule has 42 heavy (non-hydrogen) atoms. The molecule has 2 fully saturated rings. The van der Waals surface area contributed by atoms with Crippen molar-refractivity contribution >= 4 is 17.8 Å². The molecule has 0 aliphatic carbocycles. The van der Waals surface area contributed by atoms with Gasteiger partial charge in [-0.2, -0.15) is 0 Å². The molecule has 2 saturated heterocycles. The van der Waals surface area contributed by atoms with Gasteiger partial charge in [0.15, 0.2) is 0 Å². The Bertz CT molecular complexity index is 1470. The van der Waals surface area contributed by atoms with E-state index in [-0.39, 0.29) is 56.4 Å². The second-order valence-corrected chi connectivity index (χ2v) is 10.2. The van der Waals surface area contributed by atoms with E-state index in [1.165, 1.54) is 33.0 Å². The number of phenolic OH excluding ortho intramolecular Hbond substituents is 1. The van der Waals surface area contributed by atoms with Gasteiger partial charge in [-0.25, -0.2) is 23.6 Å². The lowest BCUT2D eigenvalue weighted by Crippen LogP contribution is -2.76. The minimum atomic E-state index is -1.01. The molecule has 0 spiro atoms. The molecule has 2 atom stereocenters. The van der Waals surface area contributed by atoms with E-state index < -0.39 is 35.8 Å². The van der Waals surface area contributed by atoms with Crippen LogP contribution in [0.2, 0.25) is 0 Å². The van der Waals surface area contributed by atoms with Gasteiger partial charge in [-0.05, 0) is 29.3 Å². The van der Waals surface area contributed by atoms with Gasteiger partial charge in [0.1, 0.15) is 29.6 Å². The third-order valence-electron chi connectivity index (χ3n) is 7.41. The highest BCUT2D eigenvalue weighted by Gasteiger charge is 2.51. The summed E-state index contributed by atoms with van der Waals surface area (Å²) in [6.45, 7) is 3.75. The van der Waals surface area contributed by atoms with Gasteiger partial charge in [-0.15, -0.1) is 6.58 Å². The van der Waals surface area contributed by atoms with E-state index in [4.69, 9.17) is 0 Å². The molecule has 3 aromatic rings. The van der Waals surface area contributed by atoms with Crippen LogP contribution in [0.5, 0.6) is 5.75 Å². The maximum Gasteiger partial charge on any atom is 0.334 e. The SMILES string of the molecule is C=CCN1CC(=O)N2[C@@H](Cc3ccc(O)cc3)C(=O)N(Cc3ccc(F)cc3F)C[C@@H]2N1C(=O)NCc1ccccc1. The summed E-state index contributed by atoms with van der Waals surface area (Å²) in [6, 6.07) is 17.3. The molecule has 218 valence electrons. The highest BCUT2D eigenvalue weighted by molar-refractivity contribution is 5.91. The maximum atomic E-state index is 14.7. The molecule has 2 aliphatic rings. The zero-order chi connectivity index (χ0) is 29.8. The number of amides is 4. The Morgan fingerprint density at radius 3 is 2.45 bits per heavy atom. The molecule has 0 unspecified atom stereocenters. The third kappa shape index (κ3) is 6.10. The molecule has 5 rings (SSSR count). The molecule has 11 heteroatoms. The number of nitrogens with one attached hydrogen (secondary N) is 1. The second-order valence-electron chi connectivity index (χ2n) is 10.2. The fraction of sp³-hybridized carbons (Fsp3) is 0.258. The Morgan fingerprint density at radius 2 is 1.76 bits per heavy atom. The highest BCUT2D eigenvalue weighted by atomic mass is 19.1. The van der Waals surface area contributed by atoms with E-state index >= 15 is 0 Å². The van der Waals surface area contributed by atoms with Crippen LogP contribution in [-0.4, -0.2) is 74.6 Å². The van der Waals surface area contributed by atoms with Crippen molar-refractivity contribution in [3.05, 3.63) is 114 Å².